The normalized spacial score (nSPS) is 12.1. The number of carbonyl (C=O) groups is 1. The fraction of sp³-hybridized carbons (Fsp3) is 0.269. The molecule has 1 amide bonds. The molecule has 0 spiro atoms. The van der Waals surface area contributed by atoms with Crippen molar-refractivity contribution in [2.45, 2.75) is 38.6 Å². The van der Waals surface area contributed by atoms with Crippen molar-refractivity contribution in [1.29, 1.82) is 0 Å². The maximum Gasteiger partial charge on any atom is 0.264 e. The van der Waals surface area contributed by atoms with Gasteiger partial charge in [-0.1, -0.05) is 53.6 Å². The topological polar surface area (TPSA) is 75.7 Å². The molecule has 1 unspecified atom stereocenters. The molecule has 34 heavy (non-hydrogen) atoms. The van der Waals surface area contributed by atoms with Crippen molar-refractivity contribution in [2.24, 2.45) is 0 Å². The number of aryl methyl sites for hydroxylation is 2. The van der Waals surface area contributed by atoms with E-state index in [9.17, 15) is 13.2 Å². The number of carbonyl (C=O) groups excluding carboxylic acids is 1. The van der Waals surface area contributed by atoms with E-state index in [-0.39, 0.29) is 17.5 Å². The summed E-state index contributed by atoms with van der Waals surface area (Å²) in [7, 11) is -4.02. The van der Waals surface area contributed by atoms with Crippen LogP contribution >= 0.6 is 11.6 Å². The highest BCUT2D eigenvalue weighted by Gasteiger charge is 2.29. The number of halogens is 1. The summed E-state index contributed by atoms with van der Waals surface area (Å²) in [6.45, 7) is 7.21. The summed E-state index contributed by atoms with van der Waals surface area (Å²) in [5.41, 5.74) is 2.85. The van der Waals surface area contributed by atoms with Crippen LogP contribution in [-0.4, -0.2) is 33.5 Å². The van der Waals surface area contributed by atoms with Gasteiger partial charge in [0.2, 0.25) is 5.91 Å². The molecule has 180 valence electrons. The highest BCUT2D eigenvalue weighted by Crippen LogP contribution is 2.31. The third-order valence-electron chi connectivity index (χ3n) is 5.39. The van der Waals surface area contributed by atoms with Crippen molar-refractivity contribution in [3.05, 3.63) is 88.4 Å². The van der Waals surface area contributed by atoms with Crippen LogP contribution in [-0.2, 0) is 14.8 Å². The molecule has 0 aromatic heterocycles. The summed E-state index contributed by atoms with van der Waals surface area (Å²) in [6, 6.07) is 18.8. The first-order valence-corrected chi connectivity index (χ1v) is 12.7. The standard InChI is InChI=1S/C26H29ClN2O4S/c1-18-12-14-22(15-13-18)34(31,32)29(24-10-7-9-23(27)21(24)4)16-26(30)28-20(3)17-33-25-11-6-5-8-19(25)2/h5-15,20H,16-17H2,1-4H3,(H,28,30). The van der Waals surface area contributed by atoms with E-state index in [2.05, 4.69) is 5.32 Å². The van der Waals surface area contributed by atoms with Gasteiger partial charge in [0, 0.05) is 5.02 Å². The summed E-state index contributed by atoms with van der Waals surface area (Å²) in [5.74, 6) is 0.290. The number of nitrogens with one attached hydrogen (secondary N) is 1. The molecule has 3 rings (SSSR count). The quantitative estimate of drug-likeness (QED) is 0.446. The molecule has 1 atom stereocenters. The summed E-state index contributed by atoms with van der Waals surface area (Å²) < 4.78 is 34.0. The zero-order valence-electron chi connectivity index (χ0n) is 19.7. The van der Waals surface area contributed by atoms with Crippen LogP contribution in [0.5, 0.6) is 5.75 Å². The fourth-order valence-corrected chi connectivity index (χ4v) is 5.08. The summed E-state index contributed by atoms with van der Waals surface area (Å²) in [4.78, 5) is 13.0. The van der Waals surface area contributed by atoms with Gasteiger partial charge >= 0.3 is 0 Å². The van der Waals surface area contributed by atoms with Gasteiger partial charge in [0.25, 0.3) is 10.0 Å². The Labute approximate surface area is 206 Å². The average Bonchev–Trinajstić information content (AvgIpc) is 2.79. The summed E-state index contributed by atoms with van der Waals surface area (Å²) >= 11 is 6.27. The van der Waals surface area contributed by atoms with E-state index < -0.39 is 22.5 Å². The predicted molar refractivity (Wildman–Crippen MR) is 136 cm³/mol. The number of sulfonamides is 1. The highest BCUT2D eigenvalue weighted by atomic mass is 35.5. The summed E-state index contributed by atoms with van der Waals surface area (Å²) in [5, 5.41) is 3.25. The van der Waals surface area contributed by atoms with E-state index >= 15 is 0 Å². The molecule has 3 aromatic rings. The molecule has 6 nitrogen and oxygen atoms in total. The van der Waals surface area contributed by atoms with E-state index in [1.165, 1.54) is 12.1 Å². The van der Waals surface area contributed by atoms with Crippen LogP contribution in [0.4, 0.5) is 5.69 Å². The van der Waals surface area contributed by atoms with Crippen molar-refractivity contribution in [3.63, 3.8) is 0 Å². The van der Waals surface area contributed by atoms with Crippen molar-refractivity contribution in [3.8, 4) is 5.75 Å². The molecule has 0 fully saturated rings. The summed E-state index contributed by atoms with van der Waals surface area (Å²) in [6.07, 6.45) is 0. The molecular formula is C26H29ClN2O4S. The van der Waals surface area contributed by atoms with Crippen molar-refractivity contribution >= 4 is 33.2 Å². The van der Waals surface area contributed by atoms with E-state index in [0.29, 0.717) is 16.3 Å². The minimum atomic E-state index is -4.02. The van der Waals surface area contributed by atoms with Crippen LogP contribution in [0.15, 0.2) is 71.6 Å². The average molecular weight is 501 g/mol. The highest BCUT2D eigenvalue weighted by molar-refractivity contribution is 7.92. The number of hydrogen-bond acceptors (Lipinski definition) is 4. The van der Waals surface area contributed by atoms with Gasteiger partial charge in [-0.2, -0.15) is 0 Å². The molecule has 1 N–H and O–H groups in total. The maximum atomic E-state index is 13.6. The number of ether oxygens (including phenoxy) is 1. The molecule has 0 heterocycles. The Kier molecular flexibility index (Phi) is 8.23. The molecule has 0 bridgehead atoms. The van der Waals surface area contributed by atoms with Crippen molar-refractivity contribution < 1.29 is 17.9 Å². The van der Waals surface area contributed by atoms with Gasteiger partial charge in [-0.3, -0.25) is 9.10 Å². The van der Waals surface area contributed by atoms with Crippen molar-refractivity contribution in [1.82, 2.24) is 5.32 Å². The lowest BCUT2D eigenvalue weighted by Gasteiger charge is -2.27. The van der Waals surface area contributed by atoms with E-state index in [0.717, 1.165) is 21.2 Å². The Morgan fingerprint density at radius 1 is 1.00 bits per heavy atom. The molecular weight excluding hydrogens is 472 g/mol. The Morgan fingerprint density at radius 3 is 2.35 bits per heavy atom. The zero-order valence-corrected chi connectivity index (χ0v) is 21.3. The van der Waals surface area contributed by atoms with E-state index in [4.69, 9.17) is 16.3 Å². The number of amides is 1. The number of nitrogens with zero attached hydrogens (tertiary/aromatic N) is 1. The molecule has 0 aliphatic heterocycles. The Hall–Kier alpha value is -3.03. The Balaban J connectivity index is 1.81. The van der Waals surface area contributed by atoms with Gasteiger partial charge in [0.1, 0.15) is 18.9 Å². The third kappa shape index (κ3) is 6.10. The minimum absolute atomic E-state index is 0.0983. The van der Waals surface area contributed by atoms with Gasteiger partial charge in [0.05, 0.1) is 16.6 Å². The van der Waals surface area contributed by atoms with Crippen LogP contribution in [0, 0.1) is 20.8 Å². The number of hydrogen-bond donors (Lipinski definition) is 1. The SMILES string of the molecule is Cc1ccc(S(=O)(=O)N(CC(=O)NC(C)COc2ccccc2C)c2cccc(Cl)c2C)cc1. The third-order valence-corrected chi connectivity index (χ3v) is 7.58. The van der Waals surface area contributed by atoms with Crippen molar-refractivity contribution in [2.75, 3.05) is 17.5 Å². The minimum Gasteiger partial charge on any atom is -0.491 e. The number of anilines is 1. The lowest BCUT2D eigenvalue weighted by Crippen LogP contribution is -2.45. The van der Waals surface area contributed by atoms with Gasteiger partial charge in [-0.05, 0) is 69.2 Å². The van der Waals surface area contributed by atoms with Crippen LogP contribution in [0.2, 0.25) is 5.02 Å². The van der Waals surface area contributed by atoms with Gasteiger partial charge < -0.3 is 10.1 Å². The van der Waals surface area contributed by atoms with Gasteiger partial charge in [0.15, 0.2) is 0 Å². The second kappa shape index (κ2) is 10.9. The molecule has 3 aromatic carbocycles. The van der Waals surface area contributed by atoms with E-state index in [1.807, 2.05) is 38.1 Å². The first kappa shape index (κ1) is 25.6. The lowest BCUT2D eigenvalue weighted by atomic mass is 10.2. The number of rotatable bonds is 9. The van der Waals surface area contributed by atoms with Gasteiger partial charge in [-0.25, -0.2) is 8.42 Å². The molecule has 0 saturated carbocycles. The largest absolute Gasteiger partial charge is 0.491 e. The Morgan fingerprint density at radius 2 is 1.68 bits per heavy atom. The van der Waals surface area contributed by atoms with Crippen LogP contribution in [0.1, 0.15) is 23.6 Å². The molecule has 0 saturated heterocycles. The van der Waals surface area contributed by atoms with Crippen LogP contribution < -0.4 is 14.4 Å². The molecule has 0 aliphatic rings. The maximum absolute atomic E-state index is 13.6. The predicted octanol–water partition coefficient (Wildman–Crippen LogP) is 5.04. The first-order valence-electron chi connectivity index (χ1n) is 10.9. The molecule has 0 radical (unpaired) electrons. The lowest BCUT2D eigenvalue weighted by molar-refractivity contribution is -0.120. The van der Waals surface area contributed by atoms with E-state index in [1.54, 1.807) is 44.2 Å². The molecule has 0 aliphatic carbocycles. The first-order chi connectivity index (χ1) is 16.1. The molecule has 8 heteroatoms. The number of para-hydroxylation sites is 1. The smallest absolute Gasteiger partial charge is 0.264 e. The van der Waals surface area contributed by atoms with Crippen LogP contribution in [0.3, 0.4) is 0 Å². The zero-order chi connectivity index (χ0) is 24.9. The fourth-order valence-electron chi connectivity index (χ4n) is 3.43. The van der Waals surface area contributed by atoms with Gasteiger partial charge in [-0.15, -0.1) is 0 Å². The Bertz CT molecular complexity index is 1260. The monoisotopic (exact) mass is 500 g/mol. The second-order valence-corrected chi connectivity index (χ2v) is 10.5. The second-order valence-electron chi connectivity index (χ2n) is 8.25. The van der Waals surface area contributed by atoms with Crippen LogP contribution in [0.25, 0.3) is 0 Å². The number of benzene rings is 3.